The molecule has 0 amide bonds. The Morgan fingerprint density at radius 1 is 0.296 bits per heavy atom. The number of benzene rings is 10. The monoisotopic (exact) mass is 686 g/mol. The number of fused-ring (bicyclic) bond motifs is 10. The van der Waals surface area contributed by atoms with Gasteiger partial charge >= 0.3 is 0 Å². The maximum atomic E-state index is 2.42. The summed E-state index contributed by atoms with van der Waals surface area (Å²) in [6.07, 6.45) is 0. The smallest absolute Gasteiger partial charge is 0.0541 e. The van der Waals surface area contributed by atoms with Crippen molar-refractivity contribution in [1.29, 1.82) is 0 Å². The lowest BCUT2D eigenvalue weighted by molar-refractivity contribution is 1.17. The van der Waals surface area contributed by atoms with Crippen LogP contribution in [-0.2, 0) is 0 Å². The van der Waals surface area contributed by atoms with E-state index in [9.17, 15) is 0 Å². The maximum Gasteiger partial charge on any atom is 0.0541 e. The summed E-state index contributed by atoms with van der Waals surface area (Å²) in [6.45, 7) is 0. The van der Waals surface area contributed by atoms with Crippen LogP contribution in [0.4, 0.5) is 17.1 Å². The van der Waals surface area contributed by atoms with E-state index in [4.69, 9.17) is 0 Å². The summed E-state index contributed by atoms with van der Waals surface area (Å²) in [7, 11) is 0. The summed E-state index contributed by atoms with van der Waals surface area (Å²) in [5.41, 5.74) is 9.31. The molecule has 11 rings (SSSR count). The molecule has 10 aromatic carbocycles. The fourth-order valence-electron chi connectivity index (χ4n) is 8.67. The zero-order chi connectivity index (χ0) is 35.6. The molecular formula is C52H34N2. The molecule has 0 aliphatic heterocycles. The van der Waals surface area contributed by atoms with Crippen molar-refractivity contribution in [3.05, 3.63) is 206 Å². The molecule has 0 spiro atoms. The molecule has 0 saturated heterocycles. The van der Waals surface area contributed by atoms with Gasteiger partial charge in [-0.1, -0.05) is 152 Å². The van der Waals surface area contributed by atoms with E-state index in [1.54, 1.807) is 0 Å². The normalized spacial score (nSPS) is 11.7. The fourth-order valence-corrected chi connectivity index (χ4v) is 8.67. The Morgan fingerprint density at radius 2 is 0.796 bits per heavy atom. The van der Waals surface area contributed by atoms with E-state index in [1.165, 1.54) is 76.0 Å². The highest BCUT2D eigenvalue weighted by Gasteiger charge is 2.19. The number of hydrogen-bond acceptors (Lipinski definition) is 1. The van der Waals surface area contributed by atoms with Crippen LogP contribution in [0, 0.1) is 0 Å². The van der Waals surface area contributed by atoms with Crippen molar-refractivity contribution in [1.82, 2.24) is 4.57 Å². The van der Waals surface area contributed by atoms with Crippen LogP contribution < -0.4 is 4.90 Å². The van der Waals surface area contributed by atoms with E-state index in [2.05, 4.69) is 216 Å². The third-order valence-electron chi connectivity index (χ3n) is 11.1. The zero-order valence-corrected chi connectivity index (χ0v) is 29.5. The summed E-state index contributed by atoms with van der Waals surface area (Å²) < 4.78 is 2.38. The van der Waals surface area contributed by atoms with Crippen LogP contribution in [0.1, 0.15) is 0 Å². The number of hydrogen-bond donors (Lipinski definition) is 0. The van der Waals surface area contributed by atoms with Gasteiger partial charge in [0, 0.05) is 33.2 Å². The van der Waals surface area contributed by atoms with E-state index in [0.717, 1.165) is 22.7 Å². The van der Waals surface area contributed by atoms with Gasteiger partial charge in [0.05, 0.1) is 16.7 Å². The number of para-hydroxylation sites is 2. The zero-order valence-electron chi connectivity index (χ0n) is 29.5. The molecule has 1 aromatic heterocycles. The lowest BCUT2D eigenvalue weighted by atomic mass is 9.92. The number of aromatic nitrogens is 1. The van der Waals surface area contributed by atoms with Crippen LogP contribution >= 0.6 is 0 Å². The molecule has 54 heavy (non-hydrogen) atoms. The molecule has 11 aromatic rings. The van der Waals surface area contributed by atoms with Crippen molar-refractivity contribution < 1.29 is 0 Å². The van der Waals surface area contributed by atoms with Gasteiger partial charge in [0.15, 0.2) is 0 Å². The largest absolute Gasteiger partial charge is 0.310 e. The van der Waals surface area contributed by atoms with Crippen LogP contribution in [0.5, 0.6) is 0 Å². The van der Waals surface area contributed by atoms with Crippen molar-refractivity contribution in [2.24, 2.45) is 0 Å². The van der Waals surface area contributed by atoms with Crippen molar-refractivity contribution in [2.75, 3.05) is 4.90 Å². The SMILES string of the molecule is c1ccc(-c2ccc(N(c3ccc(-n4c5ccccc5c5ccccc54)cc3)c3cccc4c3ccc3ccc5ccc6ccccc6c5c34)cc2)cc1. The van der Waals surface area contributed by atoms with Crippen LogP contribution in [0.2, 0.25) is 0 Å². The fraction of sp³-hybridized carbons (Fsp3) is 0. The lowest BCUT2D eigenvalue weighted by Crippen LogP contribution is -2.10. The van der Waals surface area contributed by atoms with Crippen LogP contribution in [0.3, 0.4) is 0 Å². The first kappa shape index (κ1) is 30.5. The molecular weight excluding hydrogens is 653 g/mol. The Labute approximate surface area is 313 Å². The van der Waals surface area contributed by atoms with Crippen molar-refractivity contribution in [2.45, 2.75) is 0 Å². The van der Waals surface area contributed by atoms with Crippen molar-refractivity contribution >= 4 is 82.0 Å². The second-order valence-electron chi connectivity index (χ2n) is 14.1. The summed E-state index contributed by atoms with van der Waals surface area (Å²) >= 11 is 0. The molecule has 0 bridgehead atoms. The first-order valence-electron chi connectivity index (χ1n) is 18.6. The first-order valence-corrected chi connectivity index (χ1v) is 18.6. The van der Waals surface area contributed by atoms with Gasteiger partial charge in [-0.15, -0.1) is 0 Å². The van der Waals surface area contributed by atoms with E-state index < -0.39 is 0 Å². The van der Waals surface area contributed by atoms with Gasteiger partial charge in [-0.05, 0) is 103 Å². The highest BCUT2D eigenvalue weighted by atomic mass is 15.1. The lowest BCUT2D eigenvalue weighted by Gasteiger charge is -2.28. The summed E-state index contributed by atoms with van der Waals surface area (Å²) in [4.78, 5) is 2.42. The summed E-state index contributed by atoms with van der Waals surface area (Å²) in [6, 6.07) is 75.2. The Hall–Kier alpha value is -7.16. The number of anilines is 3. The van der Waals surface area contributed by atoms with Gasteiger partial charge in [-0.2, -0.15) is 0 Å². The van der Waals surface area contributed by atoms with E-state index in [1.807, 2.05) is 0 Å². The van der Waals surface area contributed by atoms with Crippen LogP contribution in [-0.4, -0.2) is 4.57 Å². The Bertz CT molecular complexity index is 3130. The van der Waals surface area contributed by atoms with Gasteiger partial charge in [-0.3, -0.25) is 0 Å². The summed E-state index contributed by atoms with van der Waals surface area (Å²) in [5, 5.41) is 12.6. The molecule has 0 radical (unpaired) electrons. The van der Waals surface area contributed by atoms with Crippen molar-refractivity contribution in [3.8, 4) is 16.8 Å². The highest BCUT2D eigenvalue weighted by molar-refractivity contribution is 6.28. The molecule has 0 aliphatic rings. The molecule has 0 atom stereocenters. The number of nitrogens with zero attached hydrogens (tertiary/aromatic N) is 2. The molecule has 252 valence electrons. The molecule has 0 aliphatic carbocycles. The third-order valence-corrected chi connectivity index (χ3v) is 11.1. The number of rotatable bonds is 5. The molecule has 1 heterocycles. The quantitative estimate of drug-likeness (QED) is 0.164. The average molecular weight is 687 g/mol. The second-order valence-corrected chi connectivity index (χ2v) is 14.1. The van der Waals surface area contributed by atoms with E-state index in [0.29, 0.717) is 0 Å². The highest BCUT2D eigenvalue weighted by Crippen LogP contribution is 2.44. The van der Waals surface area contributed by atoms with Gasteiger partial charge in [0.25, 0.3) is 0 Å². The van der Waals surface area contributed by atoms with Crippen LogP contribution in [0.25, 0.3) is 81.7 Å². The molecule has 0 unspecified atom stereocenters. The van der Waals surface area contributed by atoms with Gasteiger partial charge < -0.3 is 9.47 Å². The standard InChI is InChI=1S/C52H34N2/c1-2-11-35(12-3-1)36-25-28-40(29-26-36)53(41-30-32-42(33-31-41)54-49-18-8-6-15-44(49)45-16-7-9-19-50(45)54)48-20-10-17-47-46(48)34-27-39-24-23-38-22-21-37-13-4-5-14-43(37)51(38)52(39)47/h1-34H. The minimum absolute atomic E-state index is 1.10. The minimum atomic E-state index is 1.10. The third kappa shape index (κ3) is 4.74. The first-order chi connectivity index (χ1) is 26.8. The topological polar surface area (TPSA) is 8.17 Å². The second kappa shape index (κ2) is 12.2. The van der Waals surface area contributed by atoms with E-state index in [-0.39, 0.29) is 0 Å². The van der Waals surface area contributed by atoms with Gasteiger partial charge in [0.1, 0.15) is 0 Å². The molecule has 0 fully saturated rings. The predicted octanol–water partition coefficient (Wildman–Crippen LogP) is 14.5. The predicted molar refractivity (Wildman–Crippen MR) is 231 cm³/mol. The van der Waals surface area contributed by atoms with Gasteiger partial charge in [0.2, 0.25) is 0 Å². The van der Waals surface area contributed by atoms with Crippen LogP contribution in [0.15, 0.2) is 206 Å². The average Bonchev–Trinajstić information content (AvgIpc) is 3.58. The Balaban J connectivity index is 1.13. The Morgan fingerprint density at radius 3 is 1.48 bits per heavy atom. The summed E-state index contributed by atoms with van der Waals surface area (Å²) in [5.74, 6) is 0. The minimum Gasteiger partial charge on any atom is -0.310 e. The molecule has 0 saturated carbocycles. The molecule has 0 N–H and O–H groups in total. The van der Waals surface area contributed by atoms with Gasteiger partial charge in [-0.25, -0.2) is 0 Å². The van der Waals surface area contributed by atoms with E-state index >= 15 is 0 Å². The van der Waals surface area contributed by atoms with Crippen molar-refractivity contribution in [3.63, 3.8) is 0 Å². The Kier molecular flexibility index (Phi) is 6.90. The maximum absolute atomic E-state index is 2.42. The molecule has 2 nitrogen and oxygen atoms in total. The molecule has 2 heteroatoms.